The molecule has 0 radical (unpaired) electrons. The number of carbonyl (C=O) groups is 1. The highest BCUT2D eigenvalue weighted by Crippen LogP contribution is 2.31. The monoisotopic (exact) mass is 387 g/mol. The van der Waals surface area contributed by atoms with E-state index in [9.17, 15) is 18.0 Å². The van der Waals surface area contributed by atoms with Crippen molar-refractivity contribution in [3.05, 3.63) is 18.2 Å². The van der Waals surface area contributed by atoms with Crippen LogP contribution in [0.4, 0.5) is 23.8 Å². The number of halogens is 3. The van der Waals surface area contributed by atoms with Crippen molar-refractivity contribution in [1.82, 2.24) is 9.78 Å². The molecular weight excluding hydrogens is 367 g/mol. The molecule has 1 unspecified atom stereocenters. The molecule has 1 saturated heterocycles. The van der Waals surface area contributed by atoms with Crippen LogP contribution in [0.5, 0.6) is 5.75 Å². The van der Waals surface area contributed by atoms with Crippen molar-refractivity contribution in [2.24, 2.45) is 7.05 Å². The Labute approximate surface area is 153 Å². The second-order valence-electron chi connectivity index (χ2n) is 6.27. The minimum Gasteiger partial charge on any atom is -0.494 e. The van der Waals surface area contributed by atoms with Gasteiger partial charge in [0.1, 0.15) is 11.9 Å². The zero-order chi connectivity index (χ0) is 19.6. The Kier molecular flexibility index (Phi) is 5.45. The minimum atomic E-state index is -4.19. The molecule has 1 aliphatic heterocycles. The highest BCUT2D eigenvalue weighted by atomic mass is 19.4. The van der Waals surface area contributed by atoms with E-state index in [1.54, 1.807) is 29.9 Å². The summed E-state index contributed by atoms with van der Waals surface area (Å²) in [5.74, 6) is 0.903. The van der Waals surface area contributed by atoms with Crippen molar-refractivity contribution in [1.29, 1.82) is 0 Å². The van der Waals surface area contributed by atoms with E-state index in [-0.39, 0.29) is 19.1 Å². The Bertz CT molecular complexity index is 822. The summed E-state index contributed by atoms with van der Waals surface area (Å²) in [6, 6.07) is 5.07. The van der Waals surface area contributed by atoms with Crippen LogP contribution in [0.3, 0.4) is 0 Å². The lowest BCUT2D eigenvalue weighted by atomic mass is 10.2. The van der Waals surface area contributed by atoms with E-state index < -0.39 is 18.7 Å². The first kappa shape index (κ1) is 19.3. The lowest BCUT2D eigenvalue weighted by Gasteiger charge is -2.10. The molecule has 2 aromatic rings. The van der Waals surface area contributed by atoms with Crippen LogP contribution in [0.25, 0.3) is 10.9 Å². The summed E-state index contributed by atoms with van der Waals surface area (Å²) in [6.45, 7) is 0.588. The summed E-state index contributed by atoms with van der Waals surface area (Å²) in [6.07, 6.45) is -6.04. The summed E-state index contributed by atoms with van der Waals surface area (Å²) >= 11 is 0. The van der Waals surface area contributed by atoms with Gasteiger partial charge in [-0.25, -0.2) is 4.79 Å². The predicted molar refractivity (Wildman–Crippen MR) is 91.0 cm³/mol. The van der Waals surface area contributed by atoms with E-state index in [0.29, 0.717) is 30.2 Å². The van der Waals surface area contributed by atoms with Gasteiger partial charge in [-0.05, 0) is 18.6 Å². The fraction of sp³-hybridized carbons (Fsp3) is 0.529. The molecule has 0 aliphatic carbocycles. The quantitative estimate of drug-likeness (QED) is 0.683. The Balaban J connectivity index is 1.73. The van der Waals surface area contributed by atoms with Gasteiger partial charge in [0.25, 0.3) is 0 Å². The fourth-order valence-electron chi connectivity index (χ4n) is 2.94. The number of alkyl halides is 3. The molecule has 0 saturated carbocycles. The lowest BCUT2D eigenvalue weighted by Crippen LogP contribution is -2.26. The third kappa shape index (κ3) is 4.44. The van der Waals surface area contributed by atoms with Gasteiger partial charge >= 0.3 is 12.3 Å². The number of carbonyl (C=O) groups excluding carboxylic acids is 1. The third-order valence-electron chi connectivity index (χ3n) is 4.16. The zero-order valence-corrected chi connectivity index (χ0v) is 15.0. The molecule has 0 spiro atoms. The number of fused-ring (bicyclic) bond motifs is 1. The van der Waals surface area contributed by atoms with Crippen molar-refractivity contribution in [3.8, 4) is 5.75 Å². The maximum atomic E-state index is 12.2. The highest BCUT2D eigenvalue weighted by Gasteiger charge is 2.35. The van der Waals surface area contributed by atoms with Gasteiger partial charge in [0, 0.05) is 32.0 Å². The van der Waals surface area contributed by atoms with Crippen LogP contribution in [-0.2, 0) is 16.5 Å². The third-order valence-corrected chi connectivity index (χ3v) is 4.16. The van der Waals surface area contributed by atoms with E-state index in [0.717, 1.165) is 5.39 Å². The van der Waals surface area contributed by atoms with Crippen molar-refractivity contribution < 1.29 is 32.2 Å². The molecular formula is C17H20F3N3O4. The predicted octanol–water partition coefficient (Wildman–Crippen LogP) is 3.27. The minimum absolute atomic E-state index is 0.0348. The van der Waals surface area contributed by atoms with Crippen molar-refractivity contribution in [2.75, 3.05) is 31.8 Å². The number of benzene rings is 1. The van der Waals surface area contributed by atoms with Crippen LogP contribution >= 0.6 is 0 Å². The molecule has 1 aromatic heterocycles. The Morgan fingerprint density at radius 1 is 1.37 bits per heavy atom. The average molecular weight is 387 g/mol. The number of rotatable bonds is 7. The molecule has 7 nitrogen and oxygen atoms in total. The molecule has 1 aliphatic rings. The van der Waals surface area contributed by atoms with Gasteiger partial charge in [-0.15, -0.1) is 0 Å². The number of hydrogen-bond acceptors (Lipinski definition) is 5. The van der Waals surface area contributed by atoms with Crippen LogP contribution in [-0.4, -0.2) is 55.0 Å². The summed E-state index contributed by atoms with van der Waals surface area (Å²) in [5.41, 5.74) is 0.696. The van der Waals surface area contributed by atoms with Crippen molar-refractivity contribution in [3.63, 3.8) is 0 Å². The molecule has 1 aromatic carbocycles. The number of ether oxygens (including phenoxy) is 3. The number of aryl methyl sites for hydroxylation is 1. The first-order valence-electron chi connectivity index (χ1n) is 8.42. The van der Waals surface area contributed by atoms with Crippen LogP contribution in [0.2, 0.25) is 0 Å². The number of amides is 1. The zero-order valence-electron chi connectivity index (χ0n) is 15.0. The molecule has 10 heteroatoms. The number of cyclic esters (lactones) is 1. The van der Waals surface area contributed by atoms with E-state index in [2.05, 4.69) is 5.10 Å². The number of methoxy groups -OCH3 is 1. The van der Waals surface area contributed by atoms with Gasteiger partial charge in [0.15, 0.2) is 5.82 Å². The Morgan fingerprint density at radius 3 is 2.85 bits per heavy atom. The summed E-state index contributed by atoms with van der Waals surface area (Å²) < 4.78 is 53.8. The van der Waals surface area contributed by atoms with Crippen LogP contribution in [0, 0.1) is 0 Å². The van der Waals surface area contributed by atoms with Gasteiger partial charge < -0.3 is 14.2 Å². The normalized spacial score (nSPS) is 17.6. The van der Waals surface area contributed by atoms with E-state index in [1.165, 1.54) is 12.0 Å². The average Bonchev–Trinajstić information content (AvgIpc) is 3.11. The highest BCUT2D eigenvalue weighted by molar-refractivity contribution is 6.00. The molecule has 0 N–H and O–H groups in total. The summed E-state index contributed by atoms with van der Waals surface area (Å²) in [5, 5.41) is 5.10. The standard InChI is InChI=1S/C17H20F3N3O4/c1-22-14-8-11(26-7-3-6-17(18,19)20)4-5-13(14)15(21-22)23-9-12(10-25-2)27-16(23)24/h4-5,8,12H,3,6-7,9-10H2,1-2H3. The second-order valence-corrected chi connectivity index (χ2v) is 6.27. The molecule has 1 fully saturated rings. The van der Waals surface area contributed by atoms with E-state index >= 15 is 0 Å². The number of nitrogens with zero attached hydrogens (tertiary/aromatic N) is 3. The smallest absolute Gasteiger partial charge is 0.416 e. The van der Waals surface area contributed by atoms with Gasteiger partial charge in [-0.2, -0.15) is 18.3 Å². The Hall–Kier alpha value is -2.49. The molecule has 27 heavy (non-hydrogen) atoms. The number of anilines is 1. The Morgan fingerprint density at radius 2 is 2.15 bits per heavy atom. The van der Waals surface area contributed by atoms with Gasteiger partial charge in [0.05, 0.1) is 25.3 Å². The van der Waals surface area contributed by atoms with Gasteiger partial charge in [-0.1, -0.05) is 0 Å². The lowest BCUT2D eigenvalue weighted by molar-refractivity contribution is -0.136. The second kappa shape index (κ2) is 7.63. The SMILES string of the molecule is COCC1CN(c2nn(C)c3cc(OCCCC(F)(F)F)ccc23)C(=O)O1. The summed E-state index contributed by atoms with van der Waals surface area (Å²) in [7, 11) is 3.25. The first-order chi connectivity index (χ1) is 12.8. The number of aromatic nitrogens is 2. The van der Waals surface area contributed by atoms with Crippen molar-refractivity contribution >= 4 is 22.8 Å². The summed E-state index contributed by atoms with van der Waals surface area (Å²) in [4.78, 5) is 13.6. The molecule has 0 bridgehead atoms. The van der Waals surface area contributed by atoms with Gasteiger partial charge in [0.2, 0.25) is 0 Å². The largest absolute Gasteiger partial charge is 0.494 e. The molecule has 148 valence electrons. The van der Waals surface area contributed by atoms with E-state index in [1.807, 2.05) is 0 Å². The van der Waals surface area contributed by atoms with Crippen LogP contribution in [0.1, 0.15) is 12.8 Å². The molecule has 2 heterocycles. The molecule has 1 atom stereocenters. The molecule has 3 rings (SSSR count). The maximum absolute atomic E-state index is 12.2. The van der Waals surface area contributed by atoms with Crippen molar-refractivity contribution in [2.45, 2.75) is 25.1 Å². The topological polar surface area (TPSA) is 65.8 Å². The van der Waals surface area contributed by atoms with Crippen LogP contribution < -0.4 is 9.64 Å². The maximum Gasteiger partial charge on any atom is 0.416 e. The van der Waals surface area contributed by atoms with Crippen LogP contribution in [0.15, 0.2) is 18.2 Å². The number of hydrogen-bond donors (Lipinski definition) is 0. The van der Waals surface area contributed by atoms with Gasteiger partial charge in [-0.3, -0.25) is 9.58 Å². The molecule has 1 amide bonds. The fourth-order valence-corrected chi connectivity index (χ4v) is 2.94. The van der Waals surface area contributed by atoms with E-state index in [4.69, 9.17) is 14.2 Å². The first-order valence-corrected chi connectivity index (χ1v) is 8.42.